The maximum atomic E-state index is 14.0. The molecule has 1 atom stereocenters. The summed E-state index contributed by atoms with van der Waals surface area (Å²) in [6, 6.07) is 10.2. The molecule has 1 saturated heterocycles. The van der Waals surface area contributed by atoms with Crippen LogP contribution in [0.1, 0.15) is 37.3 Å². The predicted octanol–water partition coefficient (Wildman–Crippen LogP) is 4.95. The minimum Gasteiger partial charge on any atom is -0.337 e. The van der Waals surface area contributed by atoms with E-state index in [0.29, 0.717) is 13.0 Å². The third-order valence-electron chi connectivity index (χ3n) is 5.05. The summed E-state index contributed by atoms with van der Waals surface area (Å²) in [5.41, 5.74) is 1.86. The number of likely N-dealkylation sites (tertiary alicyclic amines) is 1. The van der Waals surface area contributed by atoms with E-state index in [1.165, 1.54) is 6.07 Å². The molecule has 2 aromatic carbocycles. The molecule has 2 heterocycles. The van der Waals surface area contributed by atoms with Gasteiger partial charge in [-0.25, -0.2) is 13.6 Å². The van der Waals surface area contributed by atoms with Crippen LogP contribution in [0.2, 0.25) is 0 Å². The number of amides is 2. The lowest BCUT2D eigenvalue weighted by molar-refractivity contribution is 0.193. The van der Waals surface area contributed by atoms with Crippen LogP contribution in [-0.4, -0.2) is 27.6 Å². The number of rotatable bonds is 4. The van der Waals surface area contributed by atoms with Crippen molar-refractivity contribution in [2.75, 3.05) is 11.9 Å². The van der Waals surface area contributed by atoms with E-state index in [9.17, 15) is 13.6 Å². The van der Waals surface area contributed by atoms with E-state index >= 15 is 0 Å². The van der Waals surface area contributed by atoms with Gasteiger partial charge in [0.1, 0.15) is 17.7 Å². The van der Waals surface area contributed by atoms with E-state index in [-0.39, 0.29) is 23.3 Å². The Hall–Kier alpha value is -3.29. The van der Waals surface area contributed by atoms with Gasteiger partial charge in [-0.05, 0) is 43.0 Å². The molecular weight excluding hydrogens is 378 g/mol. The standard InChI is InChI=1S/C21H20F2N4O2/c1-2-13-6-3-4-7-17(13)24-21(28)27-11-5-8-18(27)20-25-19(26-29-20)15-10-9-14(22)12-16(15)23/h3-4,6-7,9-10,12,18H,2,5,8,11H2,1H3,(H,24,28). The number of hydrogen-bond donors (Lipinski definition) is 1. The van der Waals surface area contributed by atoms with Crippen molar-refractivity contribution in [2.24, 2.45) is 0 Å². The average molecular weight is 398 g/mol. The normalized spacial score (nSPS) is 16.2. The van der Waals surface area contributed by atoms with Crippen molar-refractivity contribution in [3.63, 3.8) is 0 Å². The highest BCUT2D eigenvalue weighted by atomic mass is 19.1. The van der Waals surface area contributed by atoms with Crippen molar-refractivity contribution in [3.05, 3.63) is 65.6 Å². The quantitative estimate of drug-likeness (QED) is 0.675. The van der Waals surface area contributed by atoms with E-state index in [4.69, 9.17) is 4.52 Å². The Labute approximate surface area is 166 Å². The number of aromatic nitrogens is 2. The summed E-state index contributed by atoms with van der Waals surface area (Å²) < 4.78 is 32.5. The Morgan fingerprint density at radius 3 is 2.90 bits per heavy atom. The molecule has 0 radical (unpaired) electrons. The lowest BCUT2D eigenvalue weighted by Gasteiger charge is -2.23. The van der Waals surface area contributed by atoms with Gasteiger partial charge in [0.15, 0.2) is 0 Å². The second kappa shape index (κ2) is 7.98. The van der Waals surface area contributed by atoms with Crippen LogP contribution >= 0.6 is 0 Å². The van der Waals surface area contributed by atoms with Crippen LogP contribution < -0.4 is 5.32 Å². The highest BCUT2D eigenvalue weighted by Crippen LogP contribution is 2.33. The predicted molar refractivity (Wildman–Crippen MR) is 103 cm³/mol. The summed E-state index contributed by atoms with van der Waals surface area (Å²) in [5, 5.41) is 6.77. The second-order valence-electron chi connectivity index (χ2n) is 6.87. The zero-order valence-electron chi connectivity index (χ0n) is 15.9. The summed E-state index contributed by atoms with van der Waals surface area (Å²) >= 11 is 0. The van der Waals surface area contributed by atoms with Crippen LogP contribution in [0.25, 0.3) is 11.4 Å². The minimum atomic E-state index is -0.769. The van der Waals surface area contributed by atoms with Gasteiger partial charge < -0.3 is 14.7 Å². The van der Waals surface area contributed by atoms with Crippen molar-refractivity contribution >= 4 is 11.7 Å². The van der Waals surface area contributed by atoms with Crippen LogP contribution in [0, 0.1) is 11.6 Å². The molecule has 1 N–H and O–H groups in total. The molecule has 4 rings (SSSR count). The zero-order chi connectivity index (χ0) is 20.4. The zero-order valence-corrected chi connectivity index (χ0v) is 15.9. The van der Waals surface area contributed by atoms with Gasteiger partial charge in [-0.1, -0.05) is 30.3 Å². The number of benzene rings is 2. The van der Waals surface area contributed by atoms with Gasteiger partial charge in [0.2, 0.25) is 11.7 Å². The summed E-state index contributed by atoms with van der Waals surface area (Å²) in [5.74, 6) is -1.18. The van der Waals surface area contributed by atoms with Crippen LogP contribution in [0.15, 0.2) is 47.0 Å². The fraction of sp³-hybridized carbons (Fsp3) is 0.286. The molecule has 8 heteroatoms. The Morgan fingerprint density at radius 2 is 2.10 bits per heavy atom. The molecule has 2 amide bonds. The van der Waals surface area contributed by atoms with Gasteiger partial charge in [-0.2, -0.15) is 4.98 Å². The molecule has 0 aliphatic carbocycles. The fourth-order valence-corrected chi connectivity index (χ4v) is 3.55. The first kappa shape index (κ1) is 19.0. The maximum Gasteiger partial charge on any atom is 0.322 e. The number of halogens is 2. The van der Waals surface area contributed by atoms with Crippen LogP contribution in [0.4, 0.5) is 19.3 Å². The Bertz CT molecular complexity index is 1040. The molecule has 1 aliphatic heterocycles. The van der Waals surface area contributed by atoms with Gasteiger partial charge in [0.05, 0.1) is 5.56 Å². The first-order valence-corrected chi connectivity index (χ1v) is 9.51. The Balaban J connectivity index is 1.54. The molecular formula is C21H20F2N4O2. The Kier molecular flexibility index (Phi) is 5.24. The Morgan fingerprint density at radius 1 is 1.28 bits per heavy atom. The lowest BCUT2D eigenvalue weighted by Crippen LogP contribution is -2.34. The monoisotopic (exact) mass is 398 g/mol. The molecule has 0 bridgehead atoms. The summed E-state index contributed by atoms with van der Waals surface area (Å²) in [6.07, 6.45) is 2.25. The molecule has 0 spiro atoms. The average Bonchev–Trinajstić information content (AvgIpc) is 3.38. The van der Waals surface area contributed by atoms with Gasteiger partial charge >= 0.3 is 6.03 Å². The van der Waals surface area contributed by atoms with Crippen molar-refractivity contribution in [1.29, 1.82) is 0 Å². The highest BCUT2D eigenvalue weighted by molar-refractivity contribution is 5.90. The van der Waals surface area contributed by atoms with Gasteiger partial charge in [0.25, 0.3) is 0 Å². The van der Waals surface area contributed by atoms with Crippen molar-refractivity contribution in [3.8, 4) is 11.4 Å². The van der Waals surface area contributed by atoms with E-state index in [1.54, 1.807) is 4.90 Å². The SMILES string of the molecule is CCc1ccccc1NC(=O)N1CCCC1c1nc(-c2ccc(F)cc2F)no1. The van der Waals surface area contributed by atoms with Gasteiger partial charge in [-0.15, -0.1) is 0 Å². The topological polar surface area (TPSA) is 71.3 Å². The molecule has 1 aromatic heterocycles. The first-order valence-electron chi connectivity index (χ1n) is 9.51. The van der Waals surface area contributed by atoms with E-state index < -0.39 is 17.7 Å². The molecule has 1 unspecified atom stereocenters. The van der Waals surface area contributed by atoms with Crippen LogP contribution in [0.5, 0.6) is 0 Å². The minimum absolute atomic E-state index is 0.0288. The lowest BCUT2D eigenvalue weighted by atomic mass is 10.1. The fourth-order valence-electron chi connectivity index (χ4n) is 3.55. The van der Waals surface area contributed by atoms with Crippen LogP contribution in [-0.2, 0) is 6.42 Å². The van der Waals surface area contributed by atoms with Crippen molar-refractivity contribution < 1.29 is 18.1 Å². The third-order valence-corrected chi connectivity index (χ3v) is 5.05. The van der Waals surface area contributed by atoms with E-state index in [1.807, 2.05) is 31.2 Å². The molecule has 29 heavy (non-hydrogen) atoms. The number of aryl methyl sites for hydroxylation is 1. The summed E-state index contributed by atoms with van der Waals surface area (Å²) in [7, 11) is 0. The van der Waals surface area contributed by atoms with Crippen molar-refractivity contribution in [1.82, 2.24) is 15.0 Å². The molecule has 3 aromatic rings. The highest BCUT2D eigenvalue weighted by Gasteiger charge is 2.34. The number of nitrogens with zero attached hydrogens (tertiary/aromatic N) is 3. The van der Waals surface area contributed by atoms with Gasteiger partial charge in [0, 0.05) is 18.3 Å². The molecule has 1 fully saturated rings. The van der Waals surface area contributed by atoms with E-state index in [0.717, 1.165) is 36.2 Å². The van der Waals surface area contributed by atoms with Crippen LogP contribution in [0.3, 0.4) is 0 Å². The van der Waals surface area contributed by atoms with E-state index in [2.05, 4.69) is 15.5 Å². The van der Waals surface area contributed by atoms with Crippen molar-refractivity contribution in [2.45, 2.75) is 32.2 Å². The maximum absolute atomic E-state index is 14.0. The number of carbonyl (C=O) groups excluding carboxylic acids is 1. The second-order valence-corrected chi connectivity index (χ2v) is 6.87. The third kappa shape index (κ3) is 3.83. The first-order chi connectivity index (χ1) is 14.1. The number of nitrogens with one attached hydrogen (secondary N) is 1. The molecule has 0 saturated carbocycles. The number of hydrogen-bond acceptors (Lipinski definition) is 4. The largest absolute Gasteiger partial charge is 0.337 e. The number of carbonyl (C=O) groups is 1. The smallest absolute Gasteiger partial charge is 0.322 e. The number of urea groups is 1. The molecule has 150 valence electrons. The number of para-hydroxylation sites is 1. The molecule has 6 nitrogen and oxygen atoms in total. The summed E-state index contributed by atoms with van der Waals surface area (Å²) in [4.78, 5) is 18.8. The molecule has 1 aliphatic rings. The summed E-state index contributed by atoms with van der Waals surface area (Å²) in [6.45, 7) is 2.58. The van der Waals surface area contributed by atoms with Gasteiger partial charge in [-0.3, -0.25) is 0 Å². The number of anilines is 1.